The summed E-state index contributed by atoms with van der Waals surface area (Å²) in [6.07, 6.45) is -5.78. The van der Waals surface area contributed by atoms with Gasteiger partial charge in [-0.1, -0.05) is 48.9 Å². The molecule has 0 heterocycles. The average Bonchev–Trinajstić information content (AvgIpc) is 2.59. The predicted molar refractivity (Wildman–Crippen MR) is 91.2 cm³/mol. The van der Waals surface area contributed by atoms with Crippen LogP contribution in [0.15, 0.2) is 48.5 Å². The number of halogens is 3. The smallest absolute Gasteiger partial charge is 0.416 e. The Morgan fingerprint density at radius 3 is 2.42 bits per heavy atom. The molecule has 1 unspecified atom stereocenters. The summed E-state index contributed by atoms with van der Waals surface area (Å²) in [6, 6.07) is 12.6. The first-order valence-electron chi connectivity index (χ1n) is 8.23. The fourth-order valence-electron chi connectivity index (χ4n) is 2.65. The zero-order valence-electron chi connectivity index (χ0n) is 14.6. The van der Waals surface area contributed by atoms with Gasteiger partial charge in [0.25, 0.3) is 0 Å². The lowest BCUT2D eigenvalue weighted by molar-refractivity contribution is -0.147. The van der Waals surface area contributed by atoms with Crippen LogP contribution in [0.3, 0.4) is 0 Å². The summed E-state index contributed by atoms with van der Waals surface area (Å²) in [4.78, 5) is 11.9. The molecule has 0 saturated heterocycles. The summed E-state index contributed by atoms with van der Waals surface area (Å²) in [7, 11) is 0. The van der Waals surface area contributed by atoms with Crippen LogP contribution in [0.2, 0.25) is 0 Å². The standard InChI is InChI=1S/C20H21F3O3/c1-13-8-16(11-17(9-13)20(21,22)23)19(25)14(2)10-18(24)26-12-15-6-4-3-5-7-15/h3-9,11,14,19,25H,10,12H2,1-2H3/t14-,19?/m1/s1. The predicted octanol–water partition coefficient (Wildman–Crippen LogP) is 4.82. The molecule has 1 N–H and O–H groups in total. The number of aryl methyl sites for hydroxylation is 1. The number of benzene rings is 2. The highest BCUT2D eigenvalue weighted by Crippen LogP contribution is 2.34. The lowest BCUT2D eigenvalue weighted by Gasteiger charge is -2.20. The monoisotopic (exact) mass is 366 g/mol. The number of alkyl halides is 3. The molecular formula is C20H21F3O3. The zero-order valence-corrected chi connectivity index (χ0v) is 14.6. The first-order chi connectivity index (χ1) is 12.2. The van der Waals surface area contributed by atoms with E-state index in [1.165, 1.54) is 13.0 Å². The van der Waals surface area contributed by atoms with Crippen LogP contribution in [0.1, 0.15) is 41.7 Å². The summed E-state index contributed by atoms with van der Waals surface area (Å²) < 4.78 is 43.9. The Labute approximate surface area is 150 Å². The molecule has 2 aromatic rings. The number of aliphatic hydroxyl groups is 1. The van der Waals surface area contributed by atoms with Gasteiger partial charge in [0.15, 0.2) is 0 Å². The second-order valence-corrected chi connectivity index (χ2v) is 6.40. The first-order valence-corrected chi connectivity index (χ1v) is 8.23. The lowest BCUT2D eigenvalue weighted by Crippen LogP contribution is -2.17. The van der Waals surface area contributed by atoms with E-state index in [0.717, 1.165) is 17.7 Å². The molecule has 0 amide bonds. The summed E-state index contributed by atoms with van der Waals surface area (Å²) in [5.74, 6) is -1.09. The molecule has 0 radical (unpaired) electrons. The minimum Gasteiger partial charge on any atom is -0.461 e. The van der Waals surface area contributed by atoms with Gasteiger partial charge in [0, 0.05) is 0 Å². The van der Waals surface area contributed by atoms with Crippen molar-refractivity contribution in [3.8, 4) is 0 Å². The highest BCUT2D eigenvalue weighted by Gasteiger charge is 2.32. The fraction of sp³-hybridized carbons (Fsp3) is 0.350. The van der Waals surface area contributed by atoms with Gasteiger partial charge in [0.1, 0.15) is 6.61 Å². The molecule has 2 atom stereocenters. The highest BCUT2D eigenvalue weighted by atomic mass is 19.4. The molecule has 6 heteroatoms. The number of esters is 1. The minimum absolute atomic E-state index is 0.0940. The molecule has 140 valence electrons. The van der Waals surface area contributed by atoms with Crippen molar-refractivity contribution in [2.45, 2.75) is 39.2 Å². The summed E-state index contributed by atoms with van der Waals surface area (Å²) in [5.41, 5.74) is 0.557. The van der Waals surface area contributed by atoms with Crippen molar-refractivity contribution in [3.63, 3.8) is 0 Å². The Kier molecular flexibility index (Phi) is 6.42. The van der Waals surface area contributed by atoms with Crippen molar-refractivity contribution in [2.24, 2.45) is 5.92 Å². The van der Waals surface area contributed by atoms with Gasteiger partial charge in [0.05, 0.1) is 18.1 Å². The number of hydrogen-bond donors (Lipinski definition) is 1. The van der Waals surface area contributed by atoms with E-state index in [1.807, 2.05) is 30.3 Å². The maximum atomic E-state index is 12.9. The molecule has 0 aliphatic carbocycles. The Balaban J connectivity index is 1.99. The number of carbonyl (C=O) groups excluding carboxylic acids is 1. The van der Waals surface area contributed by atoms with Crippen LogP contribution in [-0.4, -0.2) is 11.1 Å². The van der Waals surface area contributed by atoms with Crippen molar-refractivity contribution in [3.05, 3.63) is 70.8 Å². The van der Waals surface area contributed by atoms with Crippen LogP contribution in [0, 0.1) is 12.8 Å². The third-order valence-corrected chi connectivity index (χ3v) is 4.04. The van der Waals surface area contributed by atoms with Crippen molar-refractivity contribution in [1.29, 1.82) is 0 Å². The number of aliphatic hydroxyl groups excluding tert-OH is 1. The lowest BCUT2D eigenvalue weighted by atomic mass is 9.92. The molecule has 0 bridgehead atoms. The van der Waals surface area contributed by atoms with Crippen LogP contribution in [0.25, 0.3) is 0 Å². The largest absolute Gasteiger partial charge is 0.461 e. The van der Waals surface area contributed by atoms with E-state index in [4.69, 9.17) is 4.74 Å². The van der Waals surface area contributed by atoms with Crippen LogP contribution in [0.4, 0.5) is 13.2 Å². The van der Waals surface area contributed by atoms with Gasteiger partial charge in [-0.3, -0.25) is 4.79 Å². The van der Waals surface area contributed by atoms with E-state index < -0.39 is 29.7 Å². The molecule has 0 aromatic heterocycles. The van der Waals surface area contributed by atoms with Gasteiger partial charge < -0.3 is 9.84 Å². The molecular weight excluding hydrogens is 345 g/mol. The Morgan fingerprint density at radius 2 is 1.81 bits per heavy atom. The van der Waals surface area contributed by atoms with Crippen LogP contribution < -0.4 is 0 Å². The molecule has 2 aromatic carbocycles. The van der Waals surface area contributed by atoms with E-state index in [0.29, 0.717) is 5.56 Å². The molecule has 26 heavy (non-hydrogen) atoms. The molecule has 3 nitrogen and oxygen atoms in total. The summed E-state index contributed by atoms with van der Waals surface area (Å²) >= 11 is 0. The van der Waals surface area contributed by atoms with Gasteiger partial charge in [-0.05, 0) is 36.1 Å². The van der Waals surface area contributed by atoms with E-state index in [-0.39, 0.29) is 18.6 Å². The first kappa shape index (κ1) is 20.0. The third kappa shape index (κ3) is 5.59. The van der Waals surface area contributed by atoms with Crippen molar-refractivity contribution in [1.82, 2.24) is 0 Å². The number of carbonyl (C=O) groups is 1. The second kappa shape index (κ2) is 8.36. The molecule has 2 rings (SSSR count). The van der Waals surface area contributed by atoms with Crippen LogP contribution >= 0.6 is 0 Å². The van der Waals surface area contributed by atoms with Crippen molar-refractivity contribution >= 4 is 5.97 Å². The van der Waals surface area contributed by atoms with E-state index in [9.17, 15) is 23.1 Å². The van der Waals surface area contributed by atoms with E-state index in [1.54, 1.807) is 6.92 Å². The molecule has 0 spiro atoms. The number of hydrogen-bond acceptors (Lipinski definition) is 3. The number of rotatable bonds is 6. The van der Waals surface area contributed by atoms with E-state index in [2.05, 4.69) is 0 Å². The van der Waals surface area contributed by atoms with Gasteiger partial charge in [0.2, 0.25) is 0 Å². The summed E-state index contributed by atoms with van der Waals surface area (Å²) in [5, 5.41) is 10.4. The fourth-order valence-corrected chi connectivity index (χ4v) is 2.65. The minimum atomic E-state index is -4.49. The molecule has 0 saturated carbocycles. The van der Waals surface area contributed by atoms with Gasteiger partial charge in [-0.15, -0.1) is 0 Å². The molecule has 0 aliphatic heterocycles. The molecule has 0 aliphatic rings. The van der Waals surface area contributed by atoms with Crippen molar-refractivity contribution < 1.29 is 27.8 Å². The summed E-state index contributed by atoms with van der Waals surface area (Å²) in [6.45, 7) is 3.25. The van der Waals surface area contributed by atoms with Gasteiger partial charge >= 0.3 is 12.1 Å². The second-order valence-electron chi connectivity index (χ2n) is 6.40. The maximum Gasteiger partial charge on any atom is 0.416 e. The van der Waals surface area contributed by atoms with Crippen LogP contribution in [0.5, 0.6) is 0 Å². The SMILES string of the molecule is Cc1cc(C(O)[C@H](C)CC(=O)OCc2ccccc2)cc(C(F)(F)F)c1. The van der Waals surface area contributed by atoms with Crippen molar-refractivity contribution in [2.75, 3.05) is 0 Å². The Hall–Kier alpha value is -2.34. The highest BCUT2D eigenvalue weighted by molar-refractivity contribution is 5.69. The topological polar surface area (TPSA) is 46.5 Å². The van der Waals surface area contributed by atoms with Gasteiger partial charge in [-0.25, -0.2) is 0 Å². The third-order valence-electron chi connectivity index (χ3n) is 4.04. The quantitative estimate of drug-likeness (QED) is 0.746. The Bertz CT molecular complexity index is 742. The average molecular weight is 366 g/mol. The maximum absolute atomic E-state index is 12.9. The zero-order chi connectivity index (χ0) is 19.3. The number of ether oxygens (including phenoxy) is 1. The van der Waals surface area contributed by atoms with Crippen LogP contribution in [-0.2, 0) is 22.3 Å². The van der Waals surface area contributed by atoms with Gasteiger partial charge in [-0.2, -0.15) is 13.2 Å². The molecule has 0 fully saturated rings. The normalized spacial score (nSPS) is 13.9. The van der Waals surface area contributed by atoms with E-state index >= 15 is 0 Å². The Morgan fingerprint density at radius 1 is 1.15 bits per heavy atom.